The van der Waals surface area contributed by atoms with Crippen LogP contribution in [0, 0.1) is 0 Å². The van der Waals surface area contributed by atoms with E-state index in [1.54, 1.807) is 0 Å². The second-order valence-corrected chi connectivity index (χ2v) is 5.50. The van der Waals surface area contributed by atoms with Gasteiger partial charge in [-0.1, -0.05) is 38.0 Å². The van der Waals surface area contributed by atoms with Gasteiger partial charge in [0.25, 0.3) is 0 Å². The first-order valence-corrected chi connectivity index (χ1v) is 7.79. The minimum absolute atomic E-state index is 0.0897. The Balaban J connectivity index is 1.86. The molecule has 0 spiro atoms. The maximum Gasteiger partial charge on any atom is 0.220 e. The number of hydrogen-bond donors (Lipinski definition) is 3. The molecule has 0 aliphatic heterocycles. The lowest BCUT2D eigenvalue weighted by Gasteiger charge is -2.16. The molecule has 0 saturated carbocycles. The summed E-state index contributed by atoms with van der Waals surface area (Å²) in [5, 5.41) is 4.24. The molecule has 0 radical (unpaired) electrons. The number of benzene rings is 1. The van der Waals surface area contributed by atoms with Crippen molar-refractivity contribution in [2.75, 3.05) is 6.54 Å². The Kier molecular flexibility index (Phi) is 5.81. The molecule has 1 unspecified atom stereocenters. The average molecular weight is 287 g/mol. The fourth-order valence-corrected chi connectivity index (χ4v) is 2.59. The van der Waals surface area contributed by atoms with Gasteiger partial charge in [0.05, 0.1) is 0 Å². The summed E-state index contributed by atoms with van der Waals surface area (Å²) < 4.78 is 0. The van der Waals surface area contributed by atoms with Gasteiger partial charge in [-0.2, -0.15) is 0 Å². The summed E-state index contributed by atoms with van der Waals surface area (Å²) in [7, 11) is 0. The van der Waals surface area contributed by atoms with Crippen molar-refractivity contribution < 1.29 is 4.79 Å². The Labute approximate surface area is 126 Å². The van der Waals surface area contributed by atoms with Gasteiger partial charge in [-0.05, 0) is 24.5 Å². The lowest BCUT2D eigenvalue weighted by atomic mass is 10.1. The summed E-state index contributed by atoms with van der Waals surface area (Å²) in [6, 6.07) is 8.28. The molecule has 1 atom stereocenters. The number of hydrogen-bond acceptors (Lipinski definition) is 2. The highest BCUT2D eigenvalue weighted by Crippen LogP contribution is 2.18. The van der Waals surface area contributed by atoms with Gasteiger partial charge in [0.1, 0.15) is 0 Å². The van der Waals surface area contributed by atoms with E-state index in [9.17, 15) is 4.79 Å². The summed E-state index contributed by atoms with van der Waals surface area (Å²) in [4.78, 5) is 15.3. The molecule has 114 valence electrons. The molecule has 0 saturated heterocycles. The van der Waals surface area contributed by atoms with Gasteiger partial charge in [0.2, 0.25) is 5.91 Å². The zero-order chi connectivity index (χ0) is 15.1. The number of para-hydroxylation sites is 1. The molecule has 1 amide bonds. The van der Waals surface area contributed by atoms with Crippen LogP contribution in [0.25, 0.3) is 10.9 Å². The highest BCUT2D eigenvalue weighted by atomic mass is 16.1. The summed E-state index contributed by atoms with van der Waals surface area (Å²) in [5.41, 5.74) is 8.02. The zero-order valence-corrected chi connectivity index (χ0v) is 12.7. The fourth-order valence-electron chi connectivity index (χ4n) is 2.59. The van der Waals surface area contributed by atoms with Crippen molar-refractivity contribution in [2.24, 2.45) is 5.73 Å². The maximum atomic E-state index is 12.0. The molecule has 2 aromatic rings. The van der Waals surface area contributed by atoms with Crippen LogP contribution in [0.2, 0.25) is 0 Å². The Morgan fingerprint density at radius 3 is 2.95 bits per heavy atom. The SMILES string of the molecule is CCCCC(CN)NC(=O)CCc1c[nH]c2ccccc12. The first kappa shape index (κ1) is 15.6. The van der Waals surface area contributed by atoms with Crippen molar-refractivity contribution in [1.82, 2.24) is 10.3 Å². The second kappa shape index (κ2) is 7.84. The first-order chi connectivity index (χ1) is 10.2. The number of unbranched alkanes of at least 4 members (excludes halogenated alkanes) is 1. The predicted molar refractivity (Wildman–Crippen MR) is 87.1 cm³/mol. The largest absolute Gasteiger partial charge is 0.361 e. The molecule has 0 bridgehead atoms. The molecule has 0 aliphatic carbocycles. The van der Waals surface area contributed by atoms with Crippen LogP contribution in [0.5, 0.6) is 0 Å². The van der Waals surface area contributed by atoms with E-state index < -0.39 is 0 Å². The van der Waals surface area contributed by atoms with Crippen molar-refractivity contribution in [3.05, 3.63) is 36.0 Å². The first-order valence-electron chi connectivity index (χ1n) is 7.79. The van der Waals surface area contributed by atoms with E-state index in [0.717, 1.165) is 31.2 Å². The molecule has 1 aromatic heterocycles. The van der Waals surface area contributed by atoms with E-state index >= 15 is 0 Å². The van der Waals surface area contributed by atoms with Crippen LogP contribution in [0.15, 0.2) is 30.5 Å². The van der Waals surface area contributed by atoms with Crippen molar-refractivity contribution in [2.45, 2.75) is 45.1 Å². The van der Waals surface area contributed by atoms with Crippen LogP contribution >= 0.6 is 0 Å². The second-order valence-electron chi connectivity index (χ2n) is 5.50. The average Bonchev–Trinajstić information content (AvgIpc) is 2.92. The summed E-state index contributed by atoms with van der Waals surface area (Å²) in [6.45, 7) is 2.66. The van der Waals surface area contributed by atoms with E-state index in [1.807, 2.05) is 24.4 Å². The number of H-pyrrole nitrogens is 1. The lowest BCUT2D eigenvalue weighted by molar-refractivity contribution is -0.121. The third-order valence-electron chi connectivity index (χ3n) is 3.85. The number of aromatic amines is 1. The predicted octanol–water partition coefficient (Wildman–Crippen LogP) is 2.73. The molecular weight excluding hydrogens is 262 g/mol. The maximum absolute atomic E-state index is 12.0. The van der Waals surface area contributed by atoms with Gasteiger partial charge in [-0.15, -0.1) is 0 Å². The summed E-state index contributed by atoms with van der Waals surface area (Å²) in [5.74, 6) is 0.0897. The number of fused-ring (bicyclic) bond motifs is 1. The molecule has 2 rings (SSSR count). The number of amides is 1. The van der Waals surface area contributed by atoms with Crippen molar-refractivity contribution in [3.63, 3.8) is 0 Å². The summed E-state index contributed by atoms with van der Waals surface area (Å²) in [6.07, 6.45) is 6.44. The van der Waals surface area contributed by atoms with Gasteiger partial charge in [-0.3, -0.25) is 4.79 Å². The van der Waals surface area contributed by atoms with E-state index in [-0.39, 0.29) is 11.9 Å². The van der Waals surface area contributed by atoms with Crippen molar-refractivity contribution in [1.29, 1.82) is 0 Å². The van der Waals surface area contributed by atoms with Crippen LogP contribution in [-0.2, 0) is 11.2 Å². The Hall–Kier alpha value is -1.81. The minimum Gasteiger partial charge on any atom is -0.361 e. The quantitative estimate of drug-likeness (QED) is 0.698. The van der Waals surface area contributed by atoms with E-state index in [1.165, 1.54) is 10.9 Å². The van der Waals surface area contributed by atoms with Crippen LogP contribution in [0.4, 0.5) is 0 Å². The Morgan fingerprint density at radius 2 is 2.19 bits per heavy atom. The molecule has 1 heterocycles. The topological polar surface area (TPSA) is 70.9 Å². The number of carbonyl (C=O) groups excluding carboxylic acids is 1. The van der Waals surface area contributed by atoms with Crippen LogP contribution in [0.1, 0.15) is 38.2 Å². The van der Waals surface area contributed by atoms with E-state index in [0.29, 0.717) is 13.0 Å². The third kappa shape index (κ3) is 4.33. The molecule has 0 aliphatic rings. The summed E-state index contributed by atoms with van der Waals surface area (Å²) >= 11 is 0. The minimum atomic E-state index is 0.0897. The Morgan fingerprint density at radius 1 is 1.38 bits per heavy atom. The number of aryl methyl sites for hydroxylation is 1. The van der Waals surface area contributed by atoms with E-state index in [4.69, 9.17) is 5.73 Å². The molecule has 4 heteroatoms. The number of rotatable bonds is 8. The van der Waals surface area contributed by atoms with Gasteiger partial charge in [-0.25, -0.2) is 0 Å². The van der Waals surface area contributed by atoms with Gasteiger partial charge in [0, 0.05) is 36.1 Å². The third-order valence-corrected chi connectivity index (χ3v) is 3.85. The van der Waals surface area contributed by atoms with Gasteiger partial charge in [0.15, 0.2) is 0 Å². The van der Waals surface area contributed by atoms with Gasteiger partial charge >= 0.3 is 0 Å². The fraction of sp³-hybridized carbons (Fsp3) is 0.471. The number of aromatic nitrogens is 1. The molecular formula is C17H25N3O. The lowest BCUT2D eigenvalue weighted by Crippen LogP contribution is -2.40. The van der Waals surface area contributed by atoms with Crippen molar-refractivity contribution >= 4 is 16.8 Å². The smallest absolute Gasteiger partial charge is 0.220 e. The standard InChI is InChI=1S/C17H25N3O/c1-2-3-6-14(11-18)20-17(21)10-9-13-12-19-16-8-5-4-7-15(13)16/h4-5,7-8,12,14,19H,2-3,6,9-11,18H2,1H3,(H,20,21). The molecule has 21 heavy (non-hydrogen) atoms. The molecule has 4 nitrogen and oxygen atoms in total. The molecule has 0 fully saturated rings. The van der Waals surface area contributed by atoms with Crippen LogP contribution in [0.3, 0.4) is 0 Å². The zero-order valence-electron chi connectivity index (χ0n) is 12.7. The normalized spacial score (nSPS) is 12.5. The number of nitrogens with two attached hydrogens (primary N) is 1. The van der Waals surface area contributed by atoms with Crippen LogP contribution < -0.4 is 11.1 Å². The van der Waals surface area contributed by atoms with E-state index in [2.05, 4.69) is 23.3 Å². The molecule has 1 aromatic carbocycles. The van der Waals surface area contributed by atoms with Gasteiger partial charge < -0.3 is 16.0 Å². The highest BCUT2D eigenvalue weighted by Gasteiger charge is 2.11. The molecule has 4 N–H and O–H groups in total. The number of carbonyl (C=O) groups is 1. The van der Waals surface area contributed by atoms with Crippen molar-refractivity contribution in [3.8, 4) is 0 Å². The monoisotopic (exact) mass is 287 g/mol. The number of nitrogens with one attached hydrogen (secondary N) is 2. The highest BCUT2D eigenvalue weighted by molar-refractivity contribution is 5.84. The van der Waals surface area contributed by atoms with Crippen LogP contribution in [-0.4, -0.2) is 23.5 Å². The Bertz CT molecular complexity index is 576.